The molecule has 59 heavy (non-hydrogen) atoms. The first-order valence-electron chi connectivity index (χ1n) is 27.1. The Balaban J connectivity index is -0.000000158. The van der Waals surface area contributed by atoms with Crippen molar-refractivity contribution in [3.63, 3.8) is 0 Å². The summed E-state index contributed by atoms with van der Waals surface area (Å²) >= 11 is 0. The SMILES string of the molecule is CC1CCCC(C)N1[SiH2]CC[SiH3].CC1CCCC(C)N1[SiH2]C[SiH3].[HH].[HH].[HH].[HH].[HH].[HH].[SiH3]CC[SiH2]N1CCCC1.[SiH3]CC[SiH2]N1CCCCC1.[SiH3]C[SiH2]N1CCCC1.[SiH3]C[SiH2]N1CCCCC1. The molecule has 0 amide bonds. The molecule has 0 aromatic rings. The Bertz CT molecular complexity index is 894. The van der Waals surface area contributed by atoms with E-state index in [1.807, 2.05) is 0 Å². The summed E-state index contributed by atoms with van der Waals surface area (Å²) in [5, 5.41) is 0. The van der Waals surface area contributed by atoms with Crippen LogP contribution < -0.4 is 0 Å². The van der Waals surface area contributed by atoms with Crippen molar-refractivity contribution in [1.82, 2.24) is 27.4 Å². The van der Waals surface area contributed by atoms with E-state index in [4.69, 9.17) is 0 Å². The van der Waals surface area contributed by atoms with Crippen LogP contribution in [0.25, 0.3) is 0 Å². The van der Waals surface area contributed by atoms with Gasteiger partial charge >= 0.3 is 0 Å². The van der Waals surface area contributed by atoms with E-state index in [1.165, 1.54) is 223 Å². The van der Waals surface area contributed by atoms with Crippen molar-refractivity contribution in [2.45, 2.75) is 208 Å². The third-order valence-corrected chi connectivity index (χ3v) is 37.4. The molecule has 6 heterocycles. The first-order chi connectivity index (χ1) is 28.7. The van der Waals surface area contributed by atoms with Crippen molar-refractivity contribution in [2.24, 2.45) is 0 Å². The molecular formula is C41H124N6Si12. The maximum Gasteiger partial charge on any atom is 0.0953 e. The molecule has 6 nitrogen and oxygen atoms in total. The Morgan fingerprint density at radius 3 is 0.881 bits per heavy atom. The van der Waals surface area contributed by atoms with Gasteiger partial charge < -0.3 is 27.4 Å². The zero-order valence-electron chi connectivity index (χ0n) is 42.6. The Hall–Kier alpha value is 2.36. The van der Waals surface area contributed by atoms with E-state index in [0.717, 1.165) is 24.2 Å². The van der Waals surface area contributed by atoms with Crippen LogP contribution in [0.3, 0.4) is 0 Å². The highest BCUT2D eigenvalue weighted by molar-refractivity contribution is 6.45. The Kier molecular flexibility index (Phi) is 42.0. The summed E-state index contributed by atoms with van der Waals surface area (Å²) in [4.78, 5) is 0. The summed E-state index contributed by atoms with van der Waals surface area (Å²) in [6.07, 6.45) is 23.6. The molecular weight excluding hydrogens is 914 g/mol. The maximum atomic E-state index is 2.85. The fourth-order valence-corrected chi connectivity index (χ4v) is 28.5. The fourth-order valence-electron chi connectivity index (χ4n) is 10.2. The predicted molar refractivity (Wildman–Crippen MR) is 329 cm³/mol. The van der Waals surface area contributed by atoms with Crippen LogP contribution in [0.1, 0.15) is 139 Å². The van der Waals surface area contributed by atoms with Crippen molar-refractivity contribution >= 4 is 120 Å². The Morgan fingerprint density at radius 1 is 0.339 bits per heavy atom. The number of rotatable bonds is 15. The zero-order chi connectivity index (χ0) is 43.4. The highest BCUT2D eigenvalue weighted by atomic mass is 28.3. The van der Waals surface area contributed by atoms with Gasteiger partial charge in [-0.15, -0.1) is 0 Å². The molecule has 0 aromatic heterocycles. The van der Waals surface area contributed by atoms with E-state index in [0.29, 0.717) is 9.68 Å². The lowest BCUT2D eigenvalue weighted by atomic mass is 10.0. The van der Waals surface area contributed by atoms with Crippen LogP contribution in [-0.2, 0) is 0 Å². The molecule has 4 unspecified atom stereocenters. The molecule has 0 saturated carbocycles. The molecule has 6 fully saturated rings. The predicted octanol–water partition coefficient (Wildman–Crippen LogP) is -0.584. The van der Waals surface area contributed by atoms with Gasteiger partial charge in [0.15, 0.2) is 0 Å². The summed E-state index contributed by atoms with van der Waals surface area (Å²) in [6.45, 7) is 21.2. The first-order valence-corrected chi connectivity index (χ1v) is 45.4. The monoisotopic (exact) mass is 1040 g/mol. The number of hydrogen-bond donors (Lipinski definition) is 0. The Morgan fingerprint density at radius 2 is 0.593 bits per heavy atom. The average molecular weight is 1040 g/mol. The first kappa shape index (κ1) is 59.4. The smallest absolute Gasteiger partial charge is 0.0953 e. The molecule has 6 saturated heterocycles. The molecule has 0 aliphatic carbocycles. The molecule has 6 aliphatic heterocycles. The third-order valence-electron chi connectivity index (χ3n) is 14.0. The van der Waals surface area contributed by atoms with E-state index < -0.39 is 0 Å². The summed E-state index contributed by atoms with van der Waals surface area (Å²) in [5.41, 5.74) is 4.77. The van der Waals surface area contributed by atoms with Crippen molar-refractivity contribution in [1.29, 1.82) is 0 Å². The second-order valence-corrected chi connectivity index (χ2v) is 44.5. The van der Waals surface area contributed by atoms with Gasteiger partial charge in [-0.25, -0.2) is 0 Å². The van der Waals surface area contributed by atoms with Gasteiger partial charge in [0.25, 0.3) is 0 Å². The van der Waals surface area contributed by atoms with Gasteiger partial charge in [-0.2, -0.15) is 0 Å². The molecule has 4 atom stereocenters. The second kappa shape index (κ2) is 41.8. The van der Waals surface area contributed by atoms with Gasteiger partial charge in [0.1, 0.15) is 0 Å². The van der Waals surface area contributed by atoms with Crippen LogP contribution in [0, 0.1) is 0 Å². The van der Waals surface area contributed by atoms with Gasteiger partial charge in [-0.3, -0.25) is 0 Å². The summed E-state index contributed by atoms with van der Waals surface area (Å²) in [6, 6.07) is 13.0. The van der Waals surface area contributed by atoms with Crippen LogP contribution in [0.15, 0.2) is 0 Å². The molecule has 0 radical (unpaired) electrons. The minimum atomic E-state index is 0. The molecule has 0 N–H and O–H groups in total. The van der Waals surface area contributed by atoms with Crippen molar-refractivity contribution in [3.8, 4) is 0 Å². The highest BCUT2D eigenvalue weighted by Crippen LogP contribution is 2.22. The van der Waals surface area contributed by atoms with E-state index in [2.05, 4.69) is 55.1 Å². The molecule has 18 heteroatoms. The molecule has 0 spiro atoms. The minimum absolute atomic E-state index is 0. The van der Waals surface area contributed by atoms with Crippen LogP contribution in [0.2, 0.25) is 53.3 Å². The lowest BCUT2D eigenvalue weighted by Crippen LogP contribution is -2.45. The van der Waals surface area contributed by atoms with Crippen molar-refractivity contribution < 1.29 is 8.56 Å². The number of nitrogens with zero attached hydrogens (tertiary/aromatic N) is 6. The van der Waals surface area contributed by atoms with Crippen LogP contribution in [-0.4, -0.2) is 223 Å². The van der Waals surface area contributed by atoms with Gasteiger partial charge in [-0.05, 0) is 129 Å². The van der Waals surface area contributed by atoms with Gasteiger partial charge in [0, 0.05) is 94.2 Å². The van der Waals surface area contributed by atoms with E-state index in [9.17, 15) is 0 Å². The normalized spacial score (nSPS) is 27.7. The molecule has 0 bridgehead atoms. The summed E-state index contributed by atoms with van der Waals surface area (Å²) in [5.74, 6) is 0. The zero-order valence-corrected chi connectivity index (χ0v) is 63.1. The number of hydrogen-bond acceptors (Lipinski definition) is 6. The minimum Gasteiger partial charge on any atom is -0.329 e. The molecule has 6 rings (SSSR count). The number of piperidine rings is 4. The summed E-state index contributed by atoms with van der Waals surface area (Å²) in [7, 11) is 9.95. The standard InChI is InChI=1S/C9H23NSi2.C8H21NSi2.C7H19NSi2.2C6H17NSi2.C5H15NSi2.6H2/c1-8-4-3-5-9(2)10(8)12-7-6-11;1-7-4-3-5-8(2)9(7)11-6-10;9-6-7-10-8-4-2-1-3-5-8;8-5-6-9-7-3-1-2-4-7;8-6-9-7-4-2-1-3-5-7;7-5-8-6-3-1-2-4-6;;;;;;/h8-9H,3-7,12H2,1-2,11H3;7-8H,3-6,11H2,1-2,10H3;1-7,10H2,9H3;2*1-6,9H2,8H3;1-5,8H2,7H3;6*1H. The largest absolute Gasteiger partial charge is 0.329 e. The van der Waals surface area contributed by atoms with Crippen molar-refractivity contribution in [3.05, 3.63) is 0 Å². The van der Waals surface area contributed by atoms with Gasteiger partial charge in [0.05, 0.1) is 58.1 Å². The van der Waals surface area contributed by atoms with Gasteiger partial charge in [0.2, 0.25) is 0 Å². The second-order valence-electron chi connectivity index (χ2n) is 19.7. The van der Waals surface area contributed by atoms with Crippen LogP contribution in [0.4, 0.5) is 0 Å². The van der Waals surface area contributed by atoms with Gasteiger partial charge in [-0.1, -0.05) is 107 Å². The van der Waals surface area contributed by atoms with Crippen molar-refractivity contribution in [2.75, 3.05) is 52.4 Å². The quantitative estimate of drug-likeness (QED) is 0.204. The molecule has 0 aromatic carbocycles. The van der Waals surface area contributed by atoms with E-state index in [1.54, 1.807) is 47.2 Å². The maximum absolute atomic E-state index is 2.85. The van der Waals surface area contributed by atoms with Crippen LogP contribution >= 0.6 is 0 Å². The average Bonchev–Trinajstić information content (AvgIpc) is 3.98. The molecule has 6 aliphatic rings. The topological polar surface area (TPSA) is 19.4 Å². The highest BCUT2D eigenvalue weighted by Gasteiger charge is 2.24. The molecule has 366 valence electrons. The van der Waals surface area contributed by atoms with E-state index in [-0.39, 0.29) is 57.0 Å². The van der Waals surface area contributed by atoms with E-state index >= 15 is 0 Å². The third kappa shape index (κ3) is 31.1. The van der Waals surface area contributed by atoms with Crippen LogP contribution in [0.5, 0.6) is 0 Å². The lowest BCUT2D eigenvalue weighted by molar-refractivity contribution is 0.206. The lowest BCUT2D eigenvalue weighted by Gasteiger charge is -2.39. The summed E-state index contributed by atoms with van der Waals surface area (Å²) < 4.78 is 16.6. The Labute approximate surface area is 413 Å². The fraction of sp³-hybridized carbons (Fsp3) is 1.00.